The molecule has 0 heteroatoms. The normalized spacial score (nSPS) is 54.5. The predicted molar refractivity (Wildman–Crippen MR) is 46.0 cm³/mol. The van der Waals surface area contributed by atoms with Crippen LogP contribution in [0.1, 0.15) is 38.5 Å². The second-order valence-electron chi connectivity index (χ2n) is 4.71. The molecule has 0 aromatic carbocycles. The lowest BCUT2D eigenvalue weighted by Gasteiger charge is -2.20. The molecule has 0 spiro atoms. The van der Waals surface area contributed by atoms with Gasteiger partial charge < -0.3 is 6.42 Å². The molecule has 3 fully saturated rings. The van der Waals surface area contributed by atoms with Gasteiger partial charge in [0.15, 0.2) is 0 Å². The molecule has 3 aliphatic rings. The van der Waals surface area contributed by atoms with Gasteiger partial charge in [0, 0.05) is 0 Å². The van der Waals surface area contributed by atoms with Crippen LogP contribution in [0.5, 0.6) is 0 Å². The van der Waals surface area contributed by atoms with Crippen LogP contribution in [-0.4, -0.2) is 0 Å². The van der Waals surface area contributed by atoms with Gasteiger partial charge in [0.1, 0.15) is 0 Å². The molecule has 62 valence electrons. The minimum atomic E-state index is 1.06. The molecule has 1 unspecified atom stereocenters. The van der Waals surface area contributed by atoms with Crippen molar-refractivity contribution in [2.24, 2.45) is 23.7 Å². The van der Waals surface area contributed by atoms with E-state index in [0.29, 0.717) is 0 Å². The van der Waals surface area contributed by atoms with Crippen molar-refractivity contribution in [1.29, 1.82) is 0 Å². The maximum Gasteiger partial charge on any atom is -0.0525 e. The second kappa shape index (κ2) is 2.24. The molecule has 0 radical (unpaired) electrons. The first-order chi connectivity index (χ1) is 5.45. The fraction of sp³-hybridized carbons (Fsp3) is 0.909. The van der Waals surface area contributed by atoms with Crippen molar-refractivity contribution in [2.75, 3.05) is 0 Å². The summed E-state index contributed by atoms with van der Waals surface area (Å²) >= 11 is 0. The lowest BCUT2D eigenvalue weighted by molar-refractivity contribution is 0.334. The van der Waals surface area contributed by atoms with Crippen molar-refractivity contribution in [3.8, 4) is 0 Å². The van der Waals surface area contributed by atoms with Gasteiger partial charge in [-0.05, 0) is 0 Å². The van der Waals surface area contributed by atoms with Crippen LogP contribution in [0.3, 0.4) is 0 Å². The van der Waals surface area contributed by atoms with Crippen LogP contribution in [-0.2, 0) is 0 Å². The van der Waals surface area contributed by atoms with Gasteiger partial charge in [0.2, 0.25) is 0 Å². The van der Waals surface area contributed by atoms with Gasteiger partial charge in [-0.3, -0.25) is 0 Å². The zero-order valence-corrected chi connectivity index (χ0v) is 7.13. The highest BCUT2D eigenvalue weighted by Gasteiger charge is 2.39. The van der Waals surface area contributed by atoms with Crippen molar-refractivity contribution < 1.29 is 0 Å². The molecular weight excluding hydrogens is 132 g/mol. The van der Waals surface area contributed by atoms with Crippen molar-refractivity contribution in [3.63, 3.8) is 0 Å². The largest absolute Gasteiger partial charge is 0.322 e. The van der Waals surface area contributed by atoms with E-state index in [-0.39, 0.29) is 0 Å². The van der Waals surface area contributed by atoms with E-state index >= 15 is 0 Å². The van der Waals surface area contributed by atoms with Crippen LogP contribution in [0.25, 0.3) is 0 Å². The molecular formula is C11H17-. The fourth-order valence-electron chi connectivity index (χ4n) is 3.89. The number of hydrogen-bond acceptors (Lipinski definition) is 0. The molecule has 0 aromatic heterocycles. The van der Waals surface area contributed by atoms with Crippen molar-refractivity contribution in [1.82, 2.24) is 0 Å². The van der Waals surface area contributed by atoms with Gasteiger partial charge in [0.05, 0.1) is 0 Å². The van der Waals surface area contributed by atoms with Gasteiger partial charge in [-0.25, -0.2) is 0 Å². The van der Waals surface area contributed by atoms with E-state index < -0.39 is 0 Å². The number of fused-ring (bicyclic) bond motifs is 3. The third-order valence-corrected chi connectivity index (χ3v) is 4.29. The molecule has 4 atom stereocenters. The molecule has 3 aliphatic carbocycles. The summed E-state index contributed by atoms with van der Waals surface area (Å²) in [6.45, 7) is 0. The summed E-state index contributed by atoms with van der Waals surface area (Å²) in [6, 6.07) is 0. The highest BCUT2D eigenvalue weighted by atomic mass is 14.5. The molecule has 0 nitrogen and oxygen atoms in total. The molecule has 0 N–H and O–H groups in total. The summed E-state index contributed by atoms with van der Waals surface area (Å²) in [5.74, 6) is 4.40. The smallest absolute Gasteiger partial charge is 0.0525 e. The first-order valence-corrected chi connectivity index (χ1v) is 5.30. The van der Waals surface area contributed by atoms with E-state index in [1.165, 1.54) is 25.7 Å². The number of rotatable bonds is 0. The van der Waals surface area contributed by atoms with Crippen LogP contribution >= 0.6 is 0 Å². The summed E-state index contributed by atoms with van der Waals surface area (Å²) in [5, 5.41) is 0. The quantitative estimate of drug-likeness (QED) is 0.464. The van der Waals surface area contributed by atoms with Crippen molar-refractivity contribution in [3.05, 3.63) is 6.42 Å². The third kappa shape index (κ3) is 0.816. The van der Waals surface area contributed by atoms with Crippen LogP contribution < -0.4 is 0 Å². The Bertz CT molecular complexity index is 143. The highest BCUT2D eigenvalue weighted by molar-refractivity contribution is 5.06. The van der Waals surface area contributed by atoms with Gasteiger partial charge in [0.25, 0.3) is 0 Å². The Morgan fingerprint density at radius 1 is 0.727 bits per heavy atom. The molecule has 0 saturated heterocycles. The molecule has 0 bridgehead atoms. The number of hydrogen-bond donors (Lipinski definition) is 0. The molecule has 0 aromatic rings. The molecule has 3 saturated carbocycles. The van der Waals surface area contributed by atoms with Crippen LogP contribution in [0.15, 0.2) is 0 Å². The molecule has 11 heavy (non-hydrogen) atoms. The third-order valence-electron chi connectivity index (χ3n) is 4.29. The minimum absolute atomic E-state index is 1.06. The average molecular weight is 149 g/mol. The second-order valence-corrected chi connectivity index (χ2v) is 4.71. The Labute approximate surface area is 69.4 Å². The highest BCUT2D eigenvalue weighted by Crippen LogP contribution is 2.55. The van der Waals surface area contributed by atoms with E-state index in [1.54, 1.807) is 12.8 Å². The molecule has 0 amide bonds. The predicted octanol–water partition coefficient (Wildman–Crippen LogP) is 3.04. The Balaban J connectivity index is 1.84. The first kappa shape index (κ1) is 6.51. The Kier molecular flexibility index (Phi) is 1.33. The van der Waals surface area contributed by atoms with Gasteiger partial charge >= 0.3 is 0 Å². The van der Waals surface area contributed by atoms with Gasteiger partial charge in [-0.1, -0.05) is 50.4 Å². The SMILES string of the molecule is [CH-]1[C@@H]2CCCC2[C@@H]2CCC[C@H]12. The topological polar surface area (TPSA) is 0 Å². The maximum atomic E-state index is 2.72. The zero-order chi connectivity index (χ0) is 7.26. The van der Waals surface area contributed by atoms with Crippen LogP contribution in [0, 0.1) is 30.1 Å². The fourth-order valence-corrected chi connectivity index (χ4v) is 3.89. The van der Waals surface area contributed by atoms with E-state index in [0.717, 1.165) is 23.7 Å². The summed E-state index contributed by atoms with van der Waals surface area (Å²) in [7, 11) is 0. The standard InChI is InChI=1S/C11H17/c1-3-8-7-9-4-2-6-11(9)10(8)5-1/h7-11H,1-6H2/q-1/t8-,9+,10-,11?/m1/s1. The summed E-state index contributed by atoms with van der Waals surface area (Å²) in [5.41, 5.74) is 0. The Hall–Kier alpha value is 0. The maximum absolute atomic E-state index is 2.72. The molecule has 3 rings (SSSR count). The zero-order valence-electron chi connectivity index (χ0n) is 7.13. The molecule has 0 aliphatic heterocycles. The lowest BCUT2D eigenvalue weighted by atomic mass is 9.90. The first-order valence-electron chi connectivity index (χ1n) is 5.30. The summed E-state index contributed by atoms with van der Waals surface area (Å²) in [4.78, 5) is 0. The summed E-state index contributed by atoms with van der Waals surface area (Å²) < 4.78 is 0. The van der Waals surface area contributed by atoms with E-state index in [2.05, 4.69) is 6.42 Å². The van der Waals surface area contributed by atoms with Crippen LogP contribution in [0.4, 0.5) is 0 Å². The van der Waals surface area contributed by atoms with Crippen molar-refractivity contribution >= 4 is 0 Å². The van der Waals surface area contributed by atoms with E-state index in [1.807, 2.05) is 0 Å². The van der Waals surface area contributed by atoms with E-state index in [4.69, 9.17) is 0 Å². The van der Waals surface area contributed by atoms with Crippen molar-refractivity contribution in [2.45, 2.75) is 38.5 Å². The van der Waals surface area contributed by atoms with Gasteiger partial charge in [-0.15, -0.1) is 0 Å². The Morgan fingerprint density at radius 2 is 1.27 bits per heavy atom. The monoisotopic (exact) mass is 149 g/mol. The Morgan fingerprint density at radius 3 is 1.82 bits per heavy atom. The molecule has 0 heterocycles. The average Bonchev–Trinajstić information content (AvgIpc) is 2.52. The van der Waals surface area contributed by atoms with E-state index in [9.17, 15) is 0 Å². The minimum Gasteiger partial charge on any atom is -0.322 e. The summed E-state index contributed by atoms with van der Waals surface area (Å²) in [6.07, 6.45) is 11.9. The lowest BCUT2D eigenvalue weighted by Crippen LogP contribution is -2.08. The van der Waals surface area contributed by atoms with Crippen LogP contribution in [0.2, 0.25) is 0 Å². The van der Waals surface area contributed by atoms with Gasteiger partial charge in [-0.2, -0.15) is 11.8 Å².